The zero-order valence-corrected chi connectivity index (χ0v) is 10.9. The van der Waals surface area contributed by atoms with Crippen LogP contribution in [0.2, 0.25) is 0 Å². The molecule has 3 heteroatoms. The predicted octanol–water partition coefficient (Wildman–Crippen LogP) is 2.66. The Balaban J connectivity index is 2.59. The minimum absolute atomic E-state index is 0.103. The summed E-state index contributed by atoms with van der Waals surface area (Å²) in [5.41, 5.74) is 7.53. The topological polar surface area (TPSA) is 46.3 Å². The lowest BCUT2D eigenvalue weighted by atomic mass is 10.0. The summed E-state index contributed by atoms with van der Waals surface area (Å²) in [5.74, 6) is 0.306. The number of benzene rings is 1. The van der Waals surface area contributed by atoms with Gasteiger partial charge in [0, 0.05) is 25.2 Å². The van der Waals surface area contributed by atoms with E-state index in [0.29, 0.717) is 6.54 Å². The van der Waals surface area contributed by atoms with Crippen molar-refractivity contribution in [2.45, 2.75) is 33.2 Å². The Hall–Kier alpha value is -1.51. The van der Waals surface area contributed by atoms with Gasteiger partial charge in [0.15, 0.2) is 0 Å². The van der Waals surface area contributed by atoms with Gasteiger partial charge in [-0.15, -0.1) is 0 Å². The Kier molecular flexibility index (Phi) is 5.01. The van der Waals surface area contributed by atoms with Gasteiger partial charge in [-0.2, -0.15) is 0 Å². The van der Waals surface area contributed by atoms with Crippen molar-refractivity contribution in [1.29, 1.82) is 0 Å². The van der Waals surface area contributed by atoms with Gasteiger partial charge in [0.1, 0.15) is 0 Å². The highest BCUT2D eigenvalue weighted by molar-refractivity contribution is 5.78. The minimum atomic E-state index is 0.103. The molecule has 1 aromatic rings. The summed E-state index contributed by atoms with van der Waals surface area (Å²) in [6.45, 7) is 4.71. The lowest BCUT2D eigenvalue weighted by molar-refractivity contribution is -0.134. The van der Waals surface area contributed by atoms with Crippen molar-refractivity contribution in [3.63, 3.8) is 0 Å². The molecule has 0 fully saturated rings. The maximum absolute atomic E-state index is 12.0. The molecule has 0 aliphatic rings. The summed E-state index contributed by atoms with van der Waals surface area (Å²) in [7, 11) is 1.84. The highest BCUT2D eigenvalue weighted by atomic mass is 16.2. The summed E-state index contributed by atoms with van der Waals surface area (Å²) in [5, 5.41) is 0. The van der Waals surface area contributed by atoms with Gasteiger partial charge >= 0.3 is 0 Å². The van der Waals surface area contributed by atoms with E-state index in [0.717, 1.165) is 24.1 Å². The Morgan fingerprint density at radius 3 is 2.76 bits per heavy atom. The summed E-state index contributed by atoms with van der Waals surface area (Å²) in [6, 6.07) is 7.67. The molecule has 3 nitrogen and oxygen atoms in total. The highest BCUT2D eigenvalue weighted by Crippen LogP contribution is 2.13. The summed E-state index contributed by atoms with van der Waals surface area (Å²) >= 11 is 0. The second kappa shape index (κ2) is 6.28. The largest absolute Gasteiger partial charge is 0.399 e. The van der Waals surface area contributed by atoms with Crippen LogP contribution in [-0.2, 0) is 11.3 Å². The smallest absolute Gasteiger partial charge is 0.225 e. The molecule has 1 aromatic carbocycles. The molecule has 0 saturated heterocycles. The molecule has 0 radical (unpaired) electrons. The molecule has 0 aliphatic carbocycles. The number of carbonyl (C=O) groups is 1. The van der Waals surface area contributed by atoms with E-state index < -0.39 is 0 Å². The van der Waals surface area contributed by atoms with E-state index >= 15 is 0 Å². The first kappa shape index (κ1) is 13.6. The van der Waals surface area contributed by atoms with Crippen molar-refractivity contribution in [1.82, 2.24) is 4.90 Å². The molecule has 17 heavy (non-hydrogen) atoms. The number of anilines is 1. The number of hydrogen-bond acceptors (Lipinski definition) is 2. The fourth-order valence-corrected chi connectivity index (χ4v) is 1.98. The van der Waals surface area contributed by atoms with Crippen molar-refractivity contribution in [2.24, 2.45) is 5.92 Å². The molecule has 0 spiro atoms. The maximum atomic E-state index is 12.0. The maximum Gasteiger partial charge on any atom is 0.225 e. The normalized spacial score (nSPS) is 12.2. The third-order valence-corrected chi connectivity index (χ3v) is 2.89. The van der Waals surface area contributed by atoms with Crippen LogP contribution in [0.5, 0.6) is 0 Å². The van der Waals surface area contributed by atoms with Crippen LogP contribution in [0, 0.1) is 5.92 Å². The van der Waals surface area contributed by atoms with Crippen molar-refractivity contribution in [3.8, 4) is 0 Å². The summed E-state index contributed by atoms with van der Waals surface area (Å²) in [6.07, 6.45) is 1.99. The van der Waals surface area contributed by atoms with E-state index in [1.165, 1.54) is 0 Å². The zero-order valence-electron chi connectivity index (χ0n) is 10.9. The van der Waals surface area contributed by atoms with Crippen LogP contribution < -0.4 is 5.73 Å². The minimum Gasteiger partial charge on any atom is -0.399 e. The summed E-state index contributed by atoms with van der Waals surface area (Å²) in [4.78, 5) is 13.8. The second-order valence-electron chi connectivity index (χ2n) is 4.63. The highest BCUT2D eigenvalue weighted by Gasteiger charge is 2.16. The van der Waals surface area contributed by atoms with Crippen LogP contribution in [0.1, 0.15) is 32.3 Å². The Bertz CT molecular complexity index is 376. The number of amides is 1. The molecule has 1 amide bonds. The lowest BCUT2D eigenvalue weighted by Gasteiger charge is -2.21. The van der Waals surface area contributed by atoms with Crippen LogP contribution >= 0.6 is 0 Å². The molecule has 0 heterocycles. The zero-order chi connectivity index (χ0) is 12.8. The van der Waals surface area contributed by atoms with Crippen LogP contribution in [0.25, 0.3) is 0 Å². The van der Waals surface area contributed by atoms with Gasteiger partial charge in [0.2, 0.25) is 5.91 Å². The fourth-order valence-electron chi connectivity index (χ4n) is 1.98. The average molecular weight is 234 g/mol. The van der Waals surface area contributed by atoms with E-state index in [9.17, 15) is 4.79 Å². The molecular weight excluding hydrogens is 212 g/mol. The SMILES string of the molecule is CCCC(C)C(=O)N(C)Cc1cccc(N)c1. The van der Waals surface area contributed by atoms with E-state index in [4.69, 9.17) is 5.73 Å². The number of rotatable bonds is 5. The van der Waals surface area contributed by atoms with Crippen LogP contribution in [-0.4, -0.2) is 17.9 Å². The number of nitrogens with two attached hydrogens (primary N) is 1. The molecule has 0 bridgehead atoms. The van der Waals surface area contributed by atoms with Gasteiger partial charge in [-0.3, -0.25) is 4.79 Å². The number of hydrogen-bond donors (Lipinski definition) is 1. The first-order valence-corrected chi connectivity index (χ1v) is 6.14. The van der Waals surface area contributed by atoms with Gasteiger partial charge in [0.05, 0.1) is 0 Å². The number of nitrogen functional groups attached to an aromatic ring is 1. The summed E-state index contributed by atoms with van der Waals surface area (Å²) < 4.78 is 0. The van der Waals surface area contributed by atoms with Gasteiger partial charge in [-0.05, 0) is 24.1 Å². The monoisotopic (exact) mass is 234 g/mol. The number of nitrogens with zero attached hydrogens (tertiary/aromatic N) is 1. The quantitative estimate of drug-likeness (QED) is 0.796. The van der Waals surface area contributed by atoms with Crippen LogP contribution in [0.15, 0.2) is 24.3 Å². The van der Waals surface area contributed by atoms with E-state index in [-0.39, 0.29) is 11.8 Å². The van der Waals surface area contributed by atoms with E-state index in [1.54, 1.807) is 4.90 Å². The van der Waals surface area contributed by atoms with Gasteiger partial charge < -0.3 is 10.6 Å². The molecule has 2 N–H and O–H groups in total. The molecule has 1 atom stereocenters. The third-order valence-electron chi connectivity index (χ3n) is 2.89. The van der Waals surface area contributed by atoms with Crippen LogP contribution in [0.4, 0.5) is 5.69 Å². The molecule has 1 unspecified atom stereocenters. The molecule has 1 rings (SSSR count). The Morgan fingerprint density at radius 1 is 1.47 bits per heavy atom. The van der Waals surface area contributed by atoms with Gasteiger partial charge in [-0.1, -0.05) is 32.4 Å². The average Bonchev–Trinajstić information content (AvgIpc) is 2.28. The number of carbonyl (C=O) groups excluding carboxylic acids is 1. The lowest BCUT2D eigenvalue weighted by Crippen LogP contribution is -2.31. The van der Waals surface area contributed by atoms with Crippen LogP contribution in [0.3, 0.4) is 0 Å². The Morgan fingerprint density at radius 2 is 2.18 bits per heavy atom. The Labute approximate surface area is 104 Å². The van der Waals surface area contributed by atoms with E-state index in [1.807, 2.05) is 38.2 Å². The van der Waals surface area contributed by atoms with Crippen molar-refractivity contribution >= 4 is 11.6 Å². The second-order valence-corrected chi connectivity index (χ2v) is 4.63. The van der Waals surface area contributed by atoms with Crippen molar-refractivity contribution in [2.75, 3.05) is 12.8 Å². The molecule has 94 valence electrons. The third kappa shape index (κ3) is 4.10. The fraction of sp³-hybridized carbons (Fsp3) is 0.500. The molecular formula is C14H22N2O. The van der Waals surface area contributed by atoms with Crippen molar-refractivity contribution < 1.29 is 4.79 Å². The molecule has 0 aliphatic heterocycles. The molecule has 0 aromatic heterocycles. The molecule has 0 saturated carbocycles. The van der Waals surface area contributed by atoms with Gasteiger partial charge in [0.25, 0.3) is 0 Å². The van der Waals surface area contributed by atoms with E-state index in [2.05, 4.69) is 6.92 Å². The first-order valence-electron chi connectivity index (χ1n) is 6.14. The van der Waals surface area contributed by atoms with Crippen molar-refractivity contribution in [3.05, 3.63) is 29.8 Å². The van der Waals surface area contributed by atoms with Gasteiger partial charge in [-0.25, -0.2) is 0 Å². The standard InChI is InChI=1S/C14H22N2O/c1-4-6-11(2)14(17)16(3)10-12-7-5-8-13(15)9-12/h5,7-9,11H,4,6,10,15H2,1-3H3. The first-order chi connectivity index (χ1) is 8.04. The predicted molar refractivity (Wildman–Crippen MR) is 71.4 cm³/mol.